The molecule has 0 saturated heterocycles. The summed E-state index contributed by atoms with van der Waals surface area (Å²) in [6.07, 6.45) is 6.78. The molecule has 1 fully saturated rings. The Morgan fingerprint density at radius 2 is 2.03 bits per heavy atom. The number of hydrogen-bond donors (Lipinski definition) is 1. The molecule has 0 aliphatic heterocycles. The lowest BCUT2D eigenvalue weighted by atomic mass is 9.92. The Hall–Kier alpha value is -2.25. The van der Waals surface area contributed by atoms with Crippen LogP contribution in [-0.2, 0) is 11.2 Å². The van der Waals surface area contributed by atoms with E-state index in [2.05, 4.69) is 47.2 Å². The largest absolute Gasteiger partial charge is 0.474 e. The topological polar surface area (TPSA) is 81.3 Å². The third kappa shape index (κ3) is 4.21. The maximum atomic E-state index is 11.5. The molecule has 6 nitrogen and oxygen atoms in total. The second kappa shape index (κ2) is 8.24. The van der Waals surface area contributed by atoms with Crippen molar-refractivity contribution in [3.05, 3.63) is 30.1 Å². The molecule has 1 atom stereocenters. The highest BCUT2D eigenvalue weighted by Crippen LogP contribution is 2.38. The Balaban J connectivity index is 1.63. The van der Waals surface area contributed by atoms with Crippen molar-refractivity contribution in [2.24, 2.45) is 11.7 Å². The molecule has 1 aliphatic rings. The van der Waals surface area contributed by atoms with Crippen LogP contribution in [0.5, 0.6) is 5.88 Å². The molecule has 1 amide bonds. The van der Waals surface area contributed by atoms with Gasteiger partial charge >= 0.3 is 0 Å². The molecule has 0 radical (unpaired) electrons. The number of nitrogens with zero attached hydrogens (tertiary/aromatic N) is 3. The van der Waals surface area contributed by atoms with Crippen molar-refractivity contribution in [2.45, 2.75) is 51.2 Å². The van der Waals surface area contributed by atoms with Crippen molar-refractivity contribution in [3.63, 3.8) is 0 Å². The Morgan fingerprint density at radius 1 is 1.28 bits per heavy atom. The summed E-state index contributed by atoms with van der Waals surface area (Å²) in [5.41, 5.74) is 6.53. The van der Waals surface area contributed by atoms with E-state index in [-0.39, 0.29) is 17.9 Å². The van der Waals surface area contributed by atoms with E-state index in [1.54, 1.807) is 17.7 Å². The fourth-order valence-electron chi connectivity index (χ4n) is 4.14. The van der Waals surface area contributed by atoms with E-state index in [4.69, 9.17) is 10.5 Å². The number of primary amides is 1. The van der Waals surface area contributed by atoms with Gasteiger partial charge in [-0.2, -0.15) is 0 Å². The number of rotatable bonds is 6. The first-order valence-electron chi connectivity index (χ1n) is 10.2. The summed E-state index contributed by atoms with van der Waals surface area (Å²) >= 11 is 1.65. The third-order valence-corrected chi connectivity index (χ3v) is 7.06. The molecule has 0 spiro atoms. The predicted molar refractivity (Wildman–Crippen MR) is 117 cm³/mol. The minimum Gasteiger partial charge on any atom is -0.474 e. The number of nitrogens with two attached hydrogens (primary N) is 1. The van der Waals surface area contributed by atoms with Gasteiger partial charge in [-0.15, -0.1) is 11.3 Å². The number of amides is 1. The lowest BCUT2D eigenvalue weighted by molar-refractivity contribution is -0.121. The van der Waals surface area contributed by atoms with Crippen molar-refractivity contribution in [3.8, 4) is 5.88 Å². The third-order valence-electron chi connectivity index (χ3n) is 5.98. The van der Waals surface area contributed by atoms with Crippen LogP contribution < -0.4 is 10.5 Å². The van der Waals surface area contributed by atoms with E-state index in [0.29, 0.717) is 18.3 Å². The average Bonchev–Trinajstić information content (AvgIpc) is 3.07. The van der Waals surface area contributed by atoms with Crippen molar-refractivity contribution in [1.29, 1.82) is 0 Å². The Labute approximate surface area is 175 Å². The van der Waals surface area contributed by atoms with Crippen LogP contribution in [0.15, 0.2) is 24.5 Å². The molecule has 2 aromatic heterocycles. The Bertz CT molecular complexity index is 1020. The fourth-order valence-corrected chi connectivity index (χ4v) is 5.15. The highest BCUT2D eigenvalue weighted by atomic mass is 32.1. The molecule has 2 heterocycles. The van der Waals surface area contributed by atoms with Gasteiger partial charge in [0.1, 0.15) is 17.3 Å². The minimum atomic E-state index is -0.277. The van der Waals surface area contributed by atoms with E-state index in [9.17, 15) is 4.79 Å². The first-order chi connectivity index (χ1) is 13.9. The molecule has 29 heavy (non-hydrogen) atoms. The van der Waals surface area contributed by atoms with Gasteiger partial charge in [0.25, 0.3) is 0 Å². The molecule has 7 heteroatoms. The number of ether oxygens (including phenoxy) is 1. The number of thiophene rings is 1. The fraction of sp³-hybridized carbons (Fsp3) is 0.500. The molecule has 154 valence electrons. The van der Waals surface area contributed by atoms with Crippen LogP contribution in [0, 0.1) is 5.92 Å². The lowest BCUT2D eigenvalue weighted by Crippen LogP contribution is -2.35. The highest BCUT2D eigenvalue weighted by Gasteiger charge is 2.25. The van der Waals surface area contributed by atoms with Crippen molar-refractivity contribution in [2.75, 3.05) is 14.1 Å². The van der Waals surface area contributed by atoms with Gasteiger partial charge in [0.05, 0.1) is 5.39 Å². The minimum absolute atomic E-state index is 0.192. The van der Waals surface area contributed by atoms with Gasteiger partial charge in [-0.05, 0) is 63.9 Å². The van der Waals surface area contributed by atoms with Gasteiger partial charge in [0.2, 0.25) is 11.8 Å². The quantitative estimate of drug-likeness (QED) is 0.667. The first kappa shape index (κ1) is 20.0. The van der Waals surface area contributed by atoms with Crippen LogP contribution >= 0.6 is 11.3 Å². The van der Waals surface area contributed by atoms with E-state index >= 15 is 0 Å². The molecule has 2 N–H and O–H groups in total. The van der Waals surface area contributed by atoms with Crippen molar-refractivity contribution >= 4 is 37.5 Å². The predicted octanol–water partition coefficient (Wildman–Crippen LogP) is 3.76. The number of carbonyl (C=O) groups excluding carboxylic acids is 1. The van der Waals surface area contributed by atoms with Crippen LogP contribution in [0.1, 0.15) is 38.2 Å². The zero-order chi connectivity index (χ0) is 20.5. The Morgan fingerprint density at radius 3 is 2.72 bits per heavy atom. The smallest absolute Gasteiger partial charge is 0.226 e. The van der Waals surface area contributed by atoms with Gasteiger partial charge in [0, 0.05) is 22.0 Å². The normalized spacial score (nSPS) is 21.0. The van der Waals surface area contributed by atoms with Crippen LogP contribution in [0.3, 0.4) is 0 Å². The summed E-state index contributed by atoms with van der Waals surface area (Å²) in [4.78, 5) is 23.7. The van der Waals surface area contributed by atoms with E-state index in [1.807, 2.05) is 6.92 Å². The average molecular weight is 413 g/mol. The van der Waals surface area contributed by atoms with Crippen LogP contribution in [-0.4, -0.2) is 47.0 Å². The molecular formula is C22H28N4O2S. The van der Waals surface area contributed by atoms with Crippen LogP contribution in [0.2, 0.25) is 0 Å². The maximum absolute atomic E-state index is 11.5. The summed E-state index contributed by atoms with van der Waals surface area (Å²) in [7, 11) is 4.29. The second-order valence-electron chi connectivity index (χ2n) is 8.31. The number of aromatic nitrogens is 2. The van der Waals surface area contributed by atoms with Crippen LogP contribution in [0.25, 0.3) is 20.3 Å². The van der Waals surface area contributed by atoms with Gasteiger partial charge in [-0.25, -0.2) is 9.97 Å². The number of hydrogen-bond acceptors (Lipinski definition) is 6. The first-order valence-corrected chi connectivity index (χ1v) is 11.0. The summed E-state index contributed by atoms with van der Waals surface area (Å²) < 4.78 is 7.54. The molecule has 1 saturated carbocycles. The van der Waals surface area contributed by atoms with Crippen molar-refractivity contribution in [1.82, 2.24) is 14.9 Å². The summed E-state index contributed by atoms with van der Waals surface area (Å²) in [5, 5.41) is 2.08. The number of fused-ring (bicyclic) bond motifs is 3. The summed E-state index contributed by atoms with van der Waals surface area (Å²) in [6.45, 7) is 1.86. The van der Waals surface area contributed by atoms with Crippen LogP contribution in [0.4, 0.5) is 0 Å². The highest BCUT2D eigenvalue weighted by molar-refractivity contribution is 7.25. The number of benzene rings is 1. The van der Waals surface area contributed by atoms with E-state index < -0.39 is 0 Å². The molecule has 0 unspecified atom stereocenters. The maximum Gasteiger partial charge on any atom is 0.226 e. The van der Waals surface area contributed by atoms with Crippen molar-refractivity contribution < 1.29 is 9.53 Å². The van der Waals surface area contributed by atoms with E-state index in [1.165, 1.54) is 0 Å². The van der Waals surface area contributed by atoms with Gasteiger partial charge < -0.3 is 15.4 Å². The SMILES string of the molecule is C[C@@H](Cc1ccc2sc3ncnc(OC4CCC(N(C)C)CC4)c3c2c1)C(N)=O. The molecule has 1 aromatic carbocycles. The molecule has 3 aromatic rings. The molecule has 1 aliphatic carbocycles. The zero-order valence-corrected chi connectivity index (χ0v) is 18.0. The Kier molecular flexibility index (Phi) is 5.69. The van der Waals surface area contributed by atoms with E-state index in [0.717, 1.165) is 51.5 Å². The molecular weight excluding hydrogens is 384 g/mol. The monoisotopic (exact) mass is 412 g/mol. The molecule has 4 rings (SSSR count). The second-order valence-corrected chi connectivity index (χ2v) is 9.34. The number of carbonyl (C=O) groups is 1. The van der Waals surface area contributed by atoms with Gasteiger partial charge in [0.15, 0.2) is 0 Å². The summed E-state index contributed by atoms with van der Waals surface area (Å²) in [6, 6.07) is 6.93. The zero-order valence-electron chi connectivity index (χ0n) is 17.2. The standard InChI is InChI=1S/C22H28N4O2S/c1-13(20(23)27)10-14-4-9-18-17(11-14)19-21(24-12-25-22(19)29-18)28-16-7-5-15(6-8-16)26(2)3/h4,9,11-13,15-16H,5-8,10H2,1-3H3,(H2,23,27)/t13-,15?,16?/m0/s1. The molecule has 0 bridgehead atoms. The lowest BCUT2D eigenvalue weighted by Gasteiger charge is -2.32. The summed E-state index contributed by atoms with van der Waals surface area (Å²) in [5.74, 6) is 0.201. The van der Waals surface area contributed by atoms with Gasteiger partial charge in [-0.3, -0.25) is 4.79 Å². The van der Waals surface area contributed by atoms with Gasteiger partial charge in [-0.1, -0.05) is 13.0 Å².